The first-order valence-electron chi connectivity index (χ1n) is 7.83. The molecule has 2 aliphatic carbocycles. The summed E-state index contributed by atoms with van der Waals surface area (Å²) in [6.45, 7) is 5.37. The minimum absolute atomic E-state index is 0.247. The van der Waals surface area contributed by atoms with E-state index >= 15 is 0 Å². The fraction of sp³-hybridized carbons (Fsp3) is 0.933. The highest BCUT2D eigenvalue weighted by Gasteiger charge is 2.36. The van der Waals surface area contributed by atoms with Gasteiger partial charge in [-0.25, -0.2) is 0 Å². The van der Waals surface area contributed by atoms with Gasteiger partial charge in [0.15, 0.2) is 0 Å². The zero-order chi connectivity index (χ0) is 14.6. The summed E-state index contributed by atoms with van der Waals surface area (Å²) in [6.07, 6.45) is 5.73. The molecule has 0 bridgehead atoms. The van der Waals surface area contributed by atoms with Crippen LogP contribution in [0.2, 0.25) is 0 Å². The number of carbonyl (C=O) groups is 1. The maximum absolute atomic E-state index is 11.7. The second kappa shape index (κ2) is 6.87. The molecule has 5 nitrogen and oxygen atoms in total. The van der Waals surface area contributed by atoms with Crippen LogP contribution in [-0.2, 0) is 9.53 Å². The first-order chi connectivity index (χ1) is 9.49. The maximum atomic E-state index is 11.7. The standard InChI is InChI=1S/C15H29N3O2/c1-15(14(16)19,17-13-5-6-13)7-8-18(2)9-10-20-11-12-3-4-12/h12-13,17H,3-11H2,1-2H3,(H2,16,19). The lowest BCUT2D eigenvalue weighted by atomic mass is 9.96. The molecule has 2 rings (SSSR count). The first kappa shape index (κ1) is 15.7. The van der Waals surface area contributed by atoms with Crippen LogP contribution in [0.5, 0.6) is 0 Å². The molecule has 5 heteroatoms. The van der Waals surface area contributed by atoms with Crippen LogP contribution in [0.1, 0.15) is 39.0 Å². The molecule has 2 saturated carbocycles. The lowest BCUT2D eigenvalue weighted by Crippen LogP contribution is -2.55. The molecule has 0 spiro atoms. The smallest absolute Gasteiger partial charge is 0.237 e. The molecule has 1 unspecified atom stereocenters. The van der Waals surface area contributed by atoms with Gasteiger partial charge in [-0.3, -0.25) is 4.79 Å². The van der Waals surface area contributed by atoms with E-state index in [9.17, 15) is 4.79 Å². The number of nitrogens with one attached hydrogen (secondary N) is 1. The van der Waals surface area contributed by atoms with Crippen LogP contribution in [0.3, 0.4) is 0 Å². The molecule has 1 amide bonds. The number of ether oxygens (including phenoxy) is 1. The van der Waals surface area contributed by atoms with Gasteiger partial charge in [-0.05, 0) is 52.0 Å². The van der Waals surface area contributed by atoms with Crippen molar-refractivity contribution in [1.29, 1.82) is 0 Å². The third-order valence-corrected chi connectivity index (χ3v) is 4.31. The molecule has 2 aliphatic rings. The van der Waals surface area contributed by atoms with E-state index < -0.39 is 5.54 Å². The fourth-order valence-corrected chi connectivity index (χ4v) is 2.23. The largest absolute Gasteiger partial charge is 0.380 e. The van der Waals surface area contributed by atoms with E-state index in [1.54, 1.807) is 0 Å². The van der Waals surface area contributed by atoms with Crippen molar-refractivity contribution in [3.05, 3.63) is 0 Å². The van der Waals surface area contributed by atoms with E-state index in [4.69, 9.17) is 10.5 Å². The van der Waals surface area contributed by atoms with Crippen molar-refractivity contribution >= 4 is 5.91 Å². The van der Waals surface area contributed by atoms with E-state index in [1.807, 2.05) is 6.92 Å². The summed E-state index contributed by atoms with van der Waals surface area (Å²) in [5.74, 6) is 0.573. The zero-order valence-corrected chi connectivity index (χ0v) is 12.9. The Balaban J connectivity index is 1.61. The molecular weight excluding hydrogens is 254 g/mol. The van der Waals surface area contributed by atoms with Gasteiger partial charge < -0.3 is 20.7 Å². The van der Waals surface area contributed by atoms with Crippen LogP contribution in [0.25, 0.3) is 0 Å². The van der Waals surface area contributed by atoms with Gasteiger partial charge in [-0.2, -0.15) is 0 Å². The van der Waals surface area contributed by atoms with Crippen molar-refractivity contribution in [2.45, 2.75) is 50.6 Å². The predicted molar refractivity (Wildman–Crippen MR) is 79.4 cm³/mol. The summed E-state index contributed by atoms with van der Waals surface area (Å²) in [6, 6.07) is 0.486. The van der Waals surface area contributed by atoms with Crippen molar-refractivity contribution in [3.8, 4) is 0 Å². The van der Waals surface area contributed by atoms with Gasteiger partial charge in [-0.1, -0.05) is 0 Å². The molecule has 0 aromatic rings. The number of nitrogens with two attached hydrogens (primary N) is 1. The van der Waals surface area contributed by atoms with Crippen LogP contribution in [0.4, 0.5) is 0 Å². The van der Waals surface area contributed by atoms with E-state index in [0.29, 0.717) is 6.04 Å². The van der Waals surface area contributed by atoms with Crippen molar-refractivity contribution in [2.75, 3.05) is 33.4 Å². The van der Waals surface area contributed by atoms with E-state index in [1.165, 1.54) is 12.8 Å². The highest BCUT2D eigenvalue weighted by atomic mass is 16.5. The summed E-state index contributed by atoms with van der Waals surface area (Å²) in [4.78, 5) is 13.9. The number of amides is 1. The first-order valence-corrected chi connectivity index (χ1v) is 7.83. The van der Waals surface area contributed by atoms with Gasteiger partial charge in [0.05, 0.1) is 12.1 Å². The molecule has 116 valence electrons. The van der Waals surface area contributed by atoms with E-state index in [-0.39, 0.29) is 5.91 Å². The molecule has 0 radical (unpaired) electrons. The molecule has 0 aromatic heterocycles. The molecule has 20 heavy (non-hydrogen) atoms. The zero-order valence-electron chi connectivity index (χ0n) is 12.9. The average molecular weight is 283 g/mol. The summed E-state index contributed by atoms with van der Waals surface area (Å²) < 4.78 is 5.63. The molecule has 0 aromatic carbocycles. The van der Waals surface area contributed by atoms with Crippen LogP contribution >= 0.6 is 0 Å². The second-order valence-corrected chi connectivity index (χ2v) is 6.69. The third-order valence-electron chi connectivity index (χ3n) is 4.31. The molecular formula is C15H29N3O2. The minimum atomic E-state index is -0.579. The molecule has 0 aliphatic heterocycles. The molecule has 0 saturated heterocycles. The normalized spacial score (nSPS) is 21.9. The average Bonchev–Trinajstić information content (AvgIpc) is 3.26. The van der Waals surface area contributed by atoms with E-state index in [0.717, 1.165) is 51.5 Å². The van der Waals surface area contributed by atoms with Gasteiger partial charge >= 0.3 is 0 Å². The number of nitrogens with zero attached hydrogens (tertiary/aromatic N) is 1. The number of hydrogen-bond donors (Lipinski definition) is 2. The predicted octanol–water partition coefficient (Wildman–Crippen LogP) is 0.731. The van der Waals surface area contributed by atoms with Gasteiger partial charge in [0.25, 0.3) is 0 Å². The number of carbonyl (C=O) groups excluding carboxylic acids is 1. The Hall–Kier alpha value is -0.650. The Kier molecular flexibility index (Phi) is 5.41. The molecule has 0 heterocycles. The second-order valence-electron chi connectivity index (χ2n) is 6.69. The Bertz CT molecular complexity index is 329. The molecule has 1 atom stereocenters. The number of likely N-dealkylation sites (N-methyl/N-ethyl adjacent to an activating group) is 1. The summed E-state index contributed by atoms with van der Waals surface area (Å²) in [5, 5.41) is 3.38. The van der Waals surface area contributed by atoms with Crippen molar-refractivity contribution in [3.63, 3.8) is 0 Å². The van der Waals surface area contributed by atoms with Crippen LogP contribution in [-0.4, -0.2) is 55.7 Å². The molecule has 3 N–H and O–H groups in total. The Labute approximate surface area is 122 Å². The number of rotatable bonds is 11. The quantitative estimate of drug-likeness (QED) is 0.549. The van der Waals surface area contributed by atoms with Crippen LogP contribution in [0, 0.1) is 5.92 Å². The number of hydrogen-bond acceptors (Lipinski definition) is 4. The fourth-order valence-electron chi connectivity index (χ4n) is 2.23. The van der Waals surface area contributed by atoms with E-state index in [2.05, 4.69) is 17.3 Å². The van der Waals surface area contributed by atoms with Crippen LogP contribution in [0.15, 0.2) is 0 Å². The lowest BCUT2D eigenvalue weighted by molar-refractivity contribution is -0.124. The maximum Gasteiger partial charge on any atom is 0.237 e. The summed E-state index contributed by atoms with van der Waals surface area (Å²) in [5.41, 5.74) is 4.97. The highest BCUT2D eigenvalue weighted by Crippen LogP contribution is 2.28. The monoisotopic (exact) mass is 283 g/mol. The third kappa shape index (κ3) is 5.38. The minimum Gasteiger partial charge on any atom is -0.380 e. The van der Waals surface area contributed by atoms with Gasteiger partial charge in [0.2, 0.25) is 5.91 Å². The highest BCUT2D eigenvalue weighted by molar-refractivity contribution is 5.84. The van der Waals surface area contributed by atoms with Crippen LogP contribution < -0.4 is 11.1 Å². The molecule has 2 fully saturated rings. The summed E-state index contributed by atoms with van der Waals surface area (Å²) in [7, 11) is 2.07. The Morgan fingerprint density at radius 3 is 2.60 bits per heavy atom. The topological polar surface area (TPSA) is 67.6 Å². The summed E-state index contributed by atoms with van der Waals surface area (Å²) >= 11 is 0. The Morgan fingerprint density at radius 2 is 2.05 bits per heavy atom. The van der Waals surface area contributed by atoms with Gasteiger partial charge in [0.1, 0.15) is 0 Å². The van der Waals surface area contributed by atoms with Gasteiger partial charge in [-0.15, -0.1) is 0 Å². The lowest BCUT2D eigenvalue weighted by Gasteiger charge is -2.29. The van der Waals surface area contributed by atoms with Gasteiger partial charge in [0, 0.05) is 25.7 Å². The van der Waals surface area contributed by atoms with Crippen molar-refractivity contribution in [2.24, 2.45) is 11.7 Å². The van der Waals surface area contributed by atoms with Crippen molar-refractivity contribution in [1.82, 2.24) is 10.2 Å². The van der Waals surface area contributed by atoms with Crippen molar-refractivity contribution < 1.29 is 9.53 Å². The Morgan fingerprint density at radius 1 is 1.35 bits per heavy atom. The SMILES string of the molecule is CN(CCOCC1CC1)CCC(C)(NC1CC1)C(N)=O. The number of primary amides is 1.